The van der Waals surface area contributed by atoms with Gasteiger partial charge in [-0.3, -0.25) is 0 Å². The molecule has 78 valence electrons. The van der Waals surface area contributed by atoms with Crippen molar-refractivity contribution in [3.63, 3.8) is 0 Å². The van der Waals surface area contributed by atoms with Crippen LogP contribution in [0.2, 0.25) is 0 Å². The van der Waals surface area contributed by atoms with Crippen LogP contribution in [0.15, 0.2) is 31.4 Å². The third-order valence-electron chi connectivity index (χ3n) is 1.60. The molecule has 0 aliphatic carbocycles. The van der Waals surface area contributed by atoms with Crippen molar-refractivity contribution in [2.24, 2.45) is 7.05 Å². The fourth-order valence-electron chi connectivity index (χ4n) is 0.832. The number of nitrogens with zero attached hydrogens (tertiary/aromatic N) is 2. The van der Waals surface area contributed by atoms with E-state index < -0.39 is 5.97 Å². The minimum Gasteiger partial charge on any atom is -0.550 e. The molecule has 0 spiro atoms. The molecular weight excluding hydrogens is 180 g/mol. The van der Waals surface area contributed by atoms with Gasteiger partial charge in [-0.1, -0.05) is 6.58 Å². The van der Waals surface area contributed by atoms with Crippen LogP contribution in [0.1, 0.15) is 19.9 Å². The van der Waals surface area contributed by atoms with E-state index >= 15 is 0 Å². The van der Waals surface area contributed by atoms with Gasteiger partial charge in [0, 0.05) is 5.97 Å². The first-order valence-electron chi connectivity index (χ1n) is 4.30. The lowest BCUT2D eigenvalue weighted by atomic mass is 10.3. The maximum Gasteiger partial charge on any atom is 0.244 e. The summed E-state index contributed by atoms with van der Waals surface area (Å²) in [6.07, 6.45) is 8.00. The molecule has 1 heterocycles. The smallest absolute Gasteiger partial charge is 0.244 e. The summed E-state index contributed by atoms with van der Waals surface area (Å²) < 4.78 is 4.12. The Labute approximate surface area is 84.1 Å². The Morgan fingerprint density at radius 3 is 2.50 bits per heavy atom. The molecule has 0 fully saturated rings. The first kappa shape index (κ1) is 12.4. The summed E-state index contributed by atoms with van der Waals surface area (Å²) >= 11 is 0. The number of carbonyl (C=O) groups excluding carboxylic acids is 1. The third-order valence-corrected chi connectivity index (χ3v) is 1.60. The molecule has 1 aromatic rings. The number of carbonyl (C=O) groups is 1. The van der Waals surface area contributed by atoms with E-state index in [-0.39, 0.29) is 0 Å². The number of rotatable bonds is 2. The van der Waals surface area contributed by atoms with Crippen molar-refractivity contribution < 1.29 is 14.5 Å². The fraction of sp³-hybridized carbons (Fsp3) is 0.400. The summed E-state index contributed by atoms with van der Waals surface area (Å²) in [4.78, 5) is 8.89. The molecule has 1 aromatic heterocycles. The van der Waals surface area contributed by atoms with Crippen molar-refractivity contribution in [2.45, 2.75) is 19.9 Å². The van der Waals surface area contributed by atoms with Crippen LogP contribution >= 0.6 is 0 Å². The third kappa shape index (κ3) is 5.13. The molecule has 14 heavy (non-hydrogen) atoms. The number of hydrogen-bond acceptors (Lipinski definition) is 2. The summed E-state index contributed by atoms with van der Waals surface area (Å²) in [5.41, 5.74) is 0. The van der Waals surface area contributed by atoms with Gasteiger partial charge in [-0.25, -0.2) is 9.13 Å². The summed E-state index contributed by atoms with van der Waals surface area (Å²) in [5.74, 6) is -1.08. The summed E-state index contributed by atoms with van der Waals surface area (Å²) in [6, 6.07) is 0.390. The van der Waals surface area contributed by atoms with E-state index in [9.17, 15) is 0 Å². The van der Waals surface area contributed by atoms with Gasteiger partial charge in [0.1, 0.15) is 18.4 Å². The predicted octanol–water partition coefficient (Wildman–Crippen LogP) is -0.184. The lowest BCUT2D eigenvalue weighted by Crippen LogP contribution is -2.33. The van der Waals surface area contributed by atoms with Crippen molar-refractivity contribution in [1.29, 1.82) is 0 Å². The molecule has 0 N–H and O–H groups in total. The van der Waals surface area contributed by atoms with E-state index in [1.807, 2.05) is 36.4 Å². The molecule has 0 bridgehead atoms. The molecule has 0 aliphatic heterocycles. The molecule has 0 aromatic carbocycles. The number of imidazole rings is 1. The Balaban J connectivity index is 0.000000364. The molecule has 1 rings (SSSR count). The number of aliphatic carboxylic acids is 1. The van der Waals surface area contributed by atoms with Crippen LogP contribution in [0.3, 0.4) is 0 Å². The maximum absolute atomic E-state index is 8.89. The second-order valence-electron chi connectivity index (χ2n) is 2.99. The van der Waals surface area contributed by atoms with Crippen LogP contribution in [0.4, 0.5) is 0 Å². The molecule has 0 amide bonds. The molecule has 0 aliphatic rings. The number of allylic oxidation sites excluding steroid dienone is 1. The average molecular weight is 196 g/mol. The van der Waals surface area contributed by atoms with Gasteiger partial charge in [-0.2, -0.15) is 0 Å². The molecule has 1 unspecified atom stereocenters. The van der Waals surface area contributed by atoms with Crippen molar-refractivity contribution in [3.8, 4) is 0 Å². The normalized spacial score (nSPS) is 11.1. The van der Waals surface area contributed by atoms with Crippen LogP contribution in [0.25, 0.3) is 0 Å². The van der Waals surface area contributed by atoms with Gasteiger partial charge in [0.05, 0.1) is 7.05 Å². The molecule has 4 heteroatoms. The fourth-order valence-corrected chi connectivity index (χ4v) is 0.832. The van der Waals surface area contributed by atoms with Gasteiger partial charge in [-0.15, -0.1) is 0 Å². The predicted molar refractivity (Wildman–Crippen MR) is 51.2 cm³/mol. The molecule has 0 saturated heterocycles. The van der Waals surface area contributed by atoms with E-state index in [0.717, 1.165) is 6.92 Å². The summed E-state index contributed by atoms with van der Waals surface area (Å²) in [5, 5.41) is 8.89. The van der Waals surface area contributed by atoms with Crippen LogP contribution < -0.4 is 9.67 Å². The lowest BCUT2D eigenvalue weighted by Gasteiger charge is -1.97. The maximum atomic E-state index is 8.89. The van der Waals surface area contributed by atoms with Gasteiger partial charge in [0.15, 0.2) is 0 Å². The quantitative estimate of drug-likeness (QED) is 0.486. The Bertz CT molecular complexity index is 301. The second-order valence-corrected chi connectivity index (χ2v) is 2.99. The highest BCUT2D eigenvalue weighted by atomic mass is 16.4. The standard InChI is InChI=1S/C8H13N2.C2H4O2/c1-4-8(2)10-6-5-9(3)7-10;1-2(3)4/h4-8H,1H2,2-3H3;1H3,(H,3,4)/q+1;/p-1. The van der Waals surface area contributed by atoms with Crippen molar-refractivity contribution >= 4 is 5.97 Å². The van der Waals surface area contributed by atoms with E-state index in [1.165, 1.54) is 0 Å². The number of aryl methyl sites for hydroxylation is 1. The number of hydrogen-bond donors (Lipinski definition) is 0. The lowest BCUT2D eigenvalue weighted by molar-refractivity contribution is -0.708. The Morgan fingerprint density at radius 1 is 1.71 bits per heavy atom. The Morgan fingerprint density at radius 2 is 2.21 bits per heavy atom. The highest BCUT2D eigenvalue weighted by Crippen LogP contribution is 1.93. The zero-order valence-electron chi connectivity index (χ0n) is 8.80. The summed E-state index contributed by atoms with van der Waals surface area (Å²) in [6.45, 7) is 6.79. The molecule has 0 radical (unpaired) electrons. The largest absolute Gasteiger partial charge is 0.550 e. The number of carboxylic acids is 1. The first-order valence-corrected chi connectivity index (χ1v) is 4.30. The van der Waals surface area contributed by atoms with E-state index in [0.29, 0.717) is 6.04 Å². The molecule has 0 saturated carbocycles. The topological polar surface area (TPSA) is 48.9 Å². The van der Waals surface area contributed by atoms with E-state index in [2.05, 4.69) is 18.1 Å². The second kappa shape index (κ2) is 5.96. The summed E-state index contributed by atoms with van der Waals surface area (Å²) in [7, 11) is 2.01. The van der Waals surface area contributed by atoms with Gasteiger partial charge < -0.3 is 9.90 Å². The molecule has 4 nitrogen and oxygen atoms in total. The van der Waals surface area contributed by atoms with Crippen molar-refractivity contribution in [1.82, 2.24) is 4.57 Å². The van der Waals surface area contributed by atoms with E-state index in [1.54, 1.807) is 0 Å². The zero-order valence-corrected chi connectivity index (χ0v) is 8.80. The van der Waals surface area contributed by atoms with Crippen LogP contribution in [-0.4, -0.2) is 10.5 Å². The number of aromatic nitrogens is 2. The van der Waals surface area contributed by atoms with Gasteiger partial charge >= 0.3 is 0 Å². The van der Waals surface area contributed by atoms with E-state index in [4.69, 9.17) is 9.90 Å². The van der Waals surface area contributed by atoms with Gasteiger partial charge in [0.25, 0.3) is 0 Å². The van der Waals surface area contributed by atoms with Gasteiger partial charge in [-0.05, 0) is 19.9 Å². The highest BCUT2D eigenvalue weighted by Gasteiger charge is 2.04. The number of carboxylic acid groups (broad SMARTS) is 1. The monoisotopic (exact) mass is 196 g/mol. The Kier molecular flexibility index (Phi) is 5.29. The zero-order chi connectivity index (χ0) is 11.1. The van der Waals surface area contributed by atoms with Crippen LogP contribution in [0.5, 0.6) is 0 Å². The minimum absolute atomic E-state index is 0.390. The van der Waals surface area contributed by atoms with Crippen molar-refractivity contribution in [2.75, 3.05) is 0 Å². The SMILES string of the molecule is C=CC(C)[n+]1ccn(C)c1.CC(=O)[O-]. The van der Waals surface area contributed by atoms with Crippen LogP contribution in [-0.2, 0) is 11.8 Å². The minimum atomic E-state index is -1.08. The van der Waals surface area contributed by atoms with Gasteiger partial charge in [0.2, 0.25) is 6.33 Å². The first-order chi connectivity index (χ1) is 6.47. The molecule has 1 atom stereocenters. The Hall–Kier alpha value is -1.58. The molecular formula is C10H16N2O2. The average Bonchev–Trinajstić information content (AvgIpc) is 2.49. The van der Waals surface area contributed by atoms with Crippen molar-refractivity contribution in [3.05, 3.63) is 31.4 Å². The van der Waals surface area contributed by atoms with Crippen LogP contribution in [0, 0.1) is 0 Å². The highest BCUT2D eigenvalue weighted by molar-refractivity contribution is 5.60.